The van der Waals surface area contributed by atoms with E-state index in [1.54, 1.807) is 0 Å². The van der Waals surface area contributed by atoms with Gasteiger partial charge in [-0.15, -0.1) is 0 Å². The van der Waals surface area contributed by atoms with Crippen LogP contribution >= 0.6 is 15.9 Å². The van der Waals surface area contributed by atoms with E-state index in [2.05, 4.69) is 54.0 Å². The van der Waals surface area contributed by atoms with Crippen LogP contribution in [-0.4, -0.2) is 12.7 Å². The first kappa shape index (κ1) is 11.2. The Balaban J connectivity index is 2.06. The molecule has 1 aromatic rings. The second kappa shape index (κ2) is 4.26. The molecule has 1 nitrogen and oxygen atoms in total. The van der Waals surface area contributed by atoms with Crippen molar-refractivity contribution in [3.63, 3.8) is 0 Å². The minimum Gasteiger partial charge on any atom is -0.378 e. The minimum absolute atomic E-state index is 0.324. The first-order chi connectivity index (χ1) is 7.12. The molecular weight excluding hydrogens is 252 g/mol. The van der Waals surface area contributed by atoms with Crippen LogP contribution in [0.2, 0.25) is 0 Å². The monoisotopic (exact) mass is 268 g/mol. The molecule has 15 heavy (non-hydrogen) atoms. The largest absolute Gasteiger partial charge is 0.378 e. The Labute approximate surface area is 100.0 Å². The van der Waals surface area contributed by atoms with Crippen LogP contribution in [0.3, 0.4) is 0 Å². The predicted octanol–water partition coefficient (Wildman–Crippen LogP) is 3.91. The van der Waals surface area contributed by atoms with Gasteiger partial charge < -0.3 is 4.74 Å². The molecule has 0 bridgehead atoms. The highest BCUT2D eigenvalue weighted by atomic mass is 79.9. The first-order valence-electron chi connectivity index (χ1n) is 5.50. The molecular formula is C13H17BrO. The van der Waals surface area contributed by atoms with Gasteiger partial charge >= 0.3 is 0 Å². The van der Waals surface area contributed by atoms with Gasteiger partial charge in [-0.3, -0.25) is 0 Å². The maximum absolute atomic E-state index is 5.74. The Kier molecular flexibility index (Phi) is 3.17. The zero-order valence-corrected chi connectivity index (χ0v) is 10.9. The van der Waals surface area contributed by atoms with Gasteiger partial charge in [0.25, 0.3) is 0 Å². The maximum atomic E-state index is 5.74. The minimum atomic E-state index is 0.324. The zero-order chi connectivity index (χ0) is 10.9. The normalized spacial score (nSPS) is 18.1. The Morgan fingerprint density at radius 3 is 2.33 bits per heavy atom. The van der Waals surface area contributed by atoms with Gasteiger partial charge in [-0.1, -0.05) is 28.1 Å². The van der Waals surface area contributed by atoms with E-state index < -0.39 is 0 Å². The third-order valence-electron chi connectivity index (χ3n) is 3.00. The molecule has 0 aliphatic heterocycles. The summed E-state index contributed by atoms with van der Waals surface area (Å²) in [6.45, 7) is 5.06. The maximum Gasteiger partial charge on any atom is 0.0566 e. The van der Waals surface area contributed by atoms with Crippen LogP contribution < -0.4 is 0 Å². The van der Waals surface area contributed by atoms with Crippen LogP contribution in [0, 0.1) is 0 Å². The van der Waals surface area contributed by atoms with Crippen molar-refractivity contribution in [3.8, 4) is 0 Å². The number of benzene rings is 1. The zero-order valence-electron chi connectivity index (χ0n) is 9.29. The van der Waals surface area contributed by atoms with E-state index in [-0.39, 0.29) is 0 Å². The van der Waals surface area contributed by atoms with E-state index >= 15 is 0 Å². The average Bonchev–Trinajstić information content (AvgIpc) is 2.97. The summed E-state index contributed by atoms with van der Waals surface area (Å²) in [5.41, 5.74) is 1.75. The van der Waals surface area contributed by atoms with Crippen molar-refractivity contribution < 1.29 is 4.74 Å². The summed E-state index contributed by atoms with van der Waals surface area (Å²) < 4.78 is 6.89. The number of hydrogen-bond acceptors (Lipinski definition) is 1. The molecule has 1 saturated carbocycles. The van der Waals surface area contributed by atoms with Crippen molar-refractivity contribution in [2.75, 3.05) is 6.61 Å². The lowest BCUT2D eigenvalue weighted by Crippen LogP contribution is -2.18. The van der Waals surface area contributed by atoms with E-state index in [0.717, 1.165) is 11.1 Å². The van der Waals surface area contributed by atoms with Crippen LogP contribution in [0.4, 0.5) is 0 Å². The SMILES string of the molecule is CC(C)OCC1(c2ccc(Br)cc2)CC1. The predicted molar refractivity (Wildman–Crippen MR) is 66.1 cm³/mol. The molecule has 1 aliphatic carbocycles. The van der Waals surface area contributed by atoms with E-state index in [1.807, 2.05) is 0 Å². The molecule has 1 fully saturated rings. The Morgan fingerprint density at radius 2 is 1.87 bits per heavy atom. The smallest absolute Gasteiger partial charge is 0.0566 e. The van der Waals surface area contributed by atoms with Crippen molar-refractivity contribution in [1.29, 1.82) is 0 Å². The van der Waals surface area contributed by atoms with Gasteiger partial charge in [0.15, 0.2) is 0 Å². The summed E-state index contributed by atoms with van der Waals surface area (Å²) in [6.07, 6.45) is 2.86. The molecule has 0 aromatic heterocycles. The Bertz CT molecular complexity index is 325. The molecule has 2 rings (SSSR count). The first-order valence-corrected chi connectivity index (χ1v) is 6.29. The molecule has 0 radical (unpaired) electrons. The van der Waals surface area contributed by atoms with Gasteiger partial charge in [-0.05, 0) is 44.4 Å². The van der Waals surface area contributed by atoms with Gasteiger partial charge in [0, 0.05) is 9.89 Å². The molecule has 0 saturated heterocycles. The lowest BCUT2D eigenvalue weighted by atomic mass is 9.97. The van der Waals surface area contributed by atoms with Crippen LogP contribution in [0.1, 0.15) is 32.3 Å². The van der Waals surface area contributed by atoms with Gasteiger partial charge in [-0.25, -0.2) is 0 Å². The van der Waals surface area contributed by atoms with E-state index in [9.17, 15) is 0 Å². The molecule has 0 heterocycles. The summed E-state index contributed by atoms with van der Waals surface area (Å²) in [6, 6.07) is 8.65. The fourth-order valence-electron chi connectivity index (χ4n) is 1.80. The number of ether oxygens (including phenoxy) is 1. The summed E-state index contributed by atoms with van der Waals surface area (Å²) in [5.74, 6) is 0. The van der Waals surface area contributed by atoms with Crippen molar-refractivity contribution in [2.24, 2.45) is 0 Å². The number of halogens is 1. The van der Waals surface area contributed by atoms with Crippen LogP contribution in [0.5, 0.6) is 0 Å². The molecule has 0 amide bonds. The van der Waals surface area contributed by atoms with Crippen molar-refractivity contribution >= 4 is 15.9 Å². The van der Waals surface area contributed by atoms with E-state index in [4.69, 9.17) is 4.74 Å². The van der Waals surface area contributed by atoms with Crippen molar-refractivity contribution in [2.45, 2.75) is 38.2 Å². The average molecular weight is 269 g/mol. The van der Waals surface area contributed by atoms with Gasteiger partial charge in [-0.2, -0.15) is 0 Å². The van der Waals surface area contributed by atoms with Gasteiger partial charge in [0.05, 0.1) is 12.7 Å². The summed E-state index contributed by atoms with van der Waals surface area (Å²) in [7, 11) is 0. The van der Waals surface area contributed by atoms with Crippen LogP contribution in [0.25, 0.3) is 0 Å². The Hall–Kier alpha value is -0.340. The van der Waals surface area contributed by atoms with Crippen LogP contribution in [0.15, 0.2) is 28.7 Å². The number of hydrogen-bond donors (Lipinski definition) is 0. The van der Waals surface area contributed by atoms with Gasteiger partial charge in [0.1, 0.15) is 0 Å². The molecule has 0 spiro atoms. The fourth-order valence-corrected chi connectivity index (χ4v) is 2.06. The van der Waals surface area contributed by atoms with Crippen molar-refractivity contribution in [3.05, 3.63) is 34.3 Å². The van der Waals surface area contributed by atoms with E-state index in [0.29, 0.717) is 11.5 Å². The van der Waals surface area contributed by atoms with Crippen molar-refractivity contribution in [1.82, 2.24) is 0 Å². The third kappa shape index (κ3) is 2.61. The second-order valence-electron chi connectivity index (χ2n) is 4.65. The lowest BCUT2D eigenvalue weighted by molar-refractivity contribution is 0.0619. The standard InChI is InChI=1S/C13H17BrO/c1-10(2)15-9-13(7-8-13)11-3-5-12(14)6-4-11/h3-6,10H,7-9H2,1-2H3. The molecule has 82 valence electrons. The summed E-state index contributed by atoms with van der Waals surface area (Å²) >= 11 is 3.46. The number of rotatable bonds is 4. The molecule has 0 N–H and O–H groups in total. The fraction of sp³-hybridized carbons (Fsp3) is 0.538. The topological polar surface area (TPSA) is 9.23 Å². The lowest BCUT2D eigenvalue weighted by Gasteiger charge is -2.17. The summed E-state index contributed by atoms with van der Waals surface area (Å²) in [5, 5.41) is 0. The molecule has 1 aliphatic rings. The van der Waals surface area contributed by atoms with Gasteiger partial charge in [0.2, 0.25) is 0 Å². The highest BCUT2D eigenvalue weighted by molar-refractivity contribution is 9.10. The highest BCUT2D eigenvalue weighted by Crippen LogP contribution is 2.48. The second-order valence-corrected chi connectivity index (χ2v) is 5.56. The molecule has 2 heteroatoms. The third-order valence-corrected chi connectivity index (χ3v) is 3.53. The Morgan fingerprint density at radius 1 is 1.27 bits per heavy atom. The highest BCUT2D eigenvalue weighted by Gasteiger charge is 2.44. The quantitative estimate of drug-likeness (QED) is 0.805. The molecule has 1 aromatic carbocycles. The summed E-state index contributed by atoms with van der Waals surface area (Å²) in [4.78, 5) is 0. The van der Waals surface area contributed by atoms with Crippen LogP contribution in [-0.2, 0) is 10.2 Å². The van der Waals surface area contributed by atoms with E-state index in [1.165, 1.54) is 18.4 Å². The molecule has 0 atom stereocenters. The molecule has 0 unspecified atom stereocenters.